The van der Waals surface area contributed by atoms with E-state index in [1.165, 1.54) is 0 Å². The van der Waals surface area contributed by atoms with Crippen molar-refractivity contribution in [2.75, 3.05) is 26.2 Å². The molecule has 1 aliphatic rings. The number of aliphatic hydroxyl groups is 1. The molecule has 134 valence electrons. The van der Waals surface area contributed by atoms with Crippen molar-refractivity contribution in [3.8, 4) is 5.75 Å². The van der Waals surface area contributed by atoms with Crippen LogP contribution in [-0.4, -0.2) is 60.1 Å². The van der Waals surface area contributed by atoms with E-state index in [-0.39, 0.29) is 18.7 Å². The van der Waals surface area contributed by atoms with Crippen molar-refractivity contribution >= 4 is 6.09 Å². The standard InChI is InChI=1S/C18H28N2O4/c1-18(2,3)24-17(22)19-14-9-10-20(11-14)12-15(21)13-23-16-7-5-4-6-8-16/h4-8,14-15,21H,9-13H2,1-3H3,(H,19,22). The number of rotatable bonds is 6. The zero-order valence-electron chi connectivity index (χ0n) is 14.7. The Bertz CT molecular complexity index is 516. The molecule has 0 bridgehead atoms. The van der Waals surface area contributed by atoms with Crippen LogP contribution in [-0.2, 0) is 4.74 Å². The summed E-state index contributed by atoms with van der Waals surface area (Å²) in [5.41, 5.74) is -0.493. The van der Waals surface area contributed by atoms with Crippen LogP contribution >= 0.6 is 0 Å². The molecule has 2 rings (SSSR count). The monoisotopic (exact) mass is 336 g/mol. The smallest absolute Gasteiger partial charge is 0.407 e. The number of hydrogen-bond acceptors (Lipinski definition) is 5. The molecule has 1 aromatic carbocycles. The lowest BCUT2D eigenvalue weighted by molar-refractivity contribution is 0.0500. The average molecular weight is 336 g/mol. The summed E-state index contributed by atoms with van der Waals surface area (Å²) in [6.45, 7) is 7.86. The molecule has 1 aliphatic heterocycles. The van der Waals surface area contributed by atoms with Gasteiger partial charge < -0.3 is 19.9 Å². The first-order valence-corrected chi connectivity index (χ1v) is 8.39. The molecule has 1 amide bonds. The Morgan fingerprint density at radius 1 is 1.38 bits per heavy atom. The number of ether oxygens (including phenoxy) is 2. The van der Waals surface area contributed by atoms with Gasteiger partial charge >= 0.3 is 6.09 Å². The van der Waals surface area contributed by atoms with E-state index in [9.17, 15) is 9.90 Å². The SMILES string of the molecule is CC(C)(C)OC(=O)NC1CCN(CC(O)COc2ccccc2)C1. The molecule has 0 aromatic heterocycles. The molecule has 1 heterocycles. The minimum absolute atomic E-state index is 0.0575. The number of carbonyl (C=O) groups excluding carboxylic acids is 1. The first kappa shape index (κ1) is 18.5. The van der Waals surface area contributed by atoms with Gasteiger partial charge in [-0.2, -0.15) is 0 Å². The van der Waals surface area contributed by atoms with Crippen LogP contribution in [0.25, 0.3) is 0 Å². The number of nitrogens with one attached hydrogen (secondary N) is 1. The lowest BCUT2D eigenvalue weighted by Gasteiger charge is -2.22. The van der Waals surface area contributed by atoms with Crippen LogP contribution in [0.5, 0.6) is 5.75 Å². The van der Waals surface area contributed by atoms with Gasteiger partial charge in [0.25, 0.3) is 0 Å². The highest BCUT2D eigenvalue weighted by molar-refractivity contribution is 5.68. The van der Waals surface area contributed by atoms with Crippen LogP contribution in [0.15, 0.2) is 30.3 Å². The molecule has 1 saturated heterocycles. The van der Waals surface area contributed by atoms with Gasteiger partial charge in [0.1, 0.15) is 24.1 Å². The third kappa shape index (κ3) is 6.76. The highest BCUT2D eigenvalue weighted by atomic mass is 16.6. The van der Waals surface area contributed by atoms with Gasteiger partial charge in [-0.05, 0) is 39.3 Å². The maximum absolute atomic E-state index is 11.8. The Kier molecular flexibility index (Phi) is 6.45. The second-order valence-electron chi connectivity index (χ2n) is 7.17. The zero-order chi connectivity index (χ0) is 17.6. The lowest BCUT2D eigenvalue weighted by Crippen LogP contribution is -2.41. The van der Waals surface area contributed by atoms with Crippen LogP contribution in [0.4, 0.5) is 4.79 Å². The first-order chi connectivity index (χ1) is 11.3. The number of alkyl carbamates (subject to hydrolysis) is 1. The molecule has 6 nitrogen and oxygen atoms in total. The fraction of sp³-hybridized carbons (Fsp3) is 0.611. The zero-order valence-corrected chi connectivity index (χ0v) is 14.7. The largest absolute Gasteiger partial charge is 0.491 e. The number of β-amino-alcohol motifs (C(OH)–C–C–N with tert-alkyl or cyclic N) is 1. The minimum atomic E-state index is -0.564. The second-order valence-corrected chi connectivity index (χ2v) is 7.17. The fourth-order valence-electron chi connectivity index (χ4n) is 2.65. The van der Waals surface area contributed by atoms with Gasteiger partial charge in [0.2, 0.25) is 0 Å². The molecule has 0 saturated carbocycles. The van der Waals surface area contributed by atoms with Crippen molar-refractivity contribution in [3.05, 3.63) is 30.3 Å². The molecule has 0 radical (unpaired) electrons. The Morgan fingerprint density at radius 3 is 2.75 bits per heavy atom. The fourth-order valence-corrected chi connectivity index (χ4v) is 2.65. The van der Waals surface area contributed by atoms with Crippen molar-refractivity contribution in [2.24, 2.45) is 0 Å². The highest BCUT2D eigenvalue weighted by Crippen LogP contribution is 2.13. The number of aliphatic hydroxyl groups excluding tert-OH is 1. The van der Waals surface area contributed by atoms with Crippen LogP contribution in [0.1, 0.15) is 27.2 Å². The first-order valence-electron chi connectivity index (χ1n) is 8.39. The summed E-state index contributed by atoms with van der Waals surface area (Å²) in [7, 11) is 0. The predicted molar refractivity (Wildman–Crippen MR) is 92.2 cm³/mol. The summed E-state index contributed by atoms with van der Waals surface area (Å²) < 4.78 is 10.8. The Labute approximate surface area is 143 Å². The number of amides is 1. The van der Waals surface area contributed by atoms with Gasteiger partial charge in [-0.15, -0.1) is 0 Å². The molecular formula is C18H28N2O4. The normalized spacial score (nSPS) is 19.8. The summed E-state index contributed by atoms with van der Waals surface area (Å²) >= 11 is 0. The Hall–Kier alpha value is -1.79. The molecule has 2 unspecified atom stereocenters. The topological polar surface area (TPSA) is 71.0 Å². The Balaban J connectivity index is 1.66. The van der Waals surface area contributed by atoms with E-state index in [4.69, 9.17) is 9.47 Å². The van der Waals surface area contributed by atoms with E-state index in [2.05, 4.69) is 10.2 Å². The van der Waals surface area contributed by atoms with Crippen molar-refractivity contribution < 1.29 is 19.4 Å². The summed E-state index contributed by atoms with van der Waals surface area (Å²) in [4.78, 5) is 13.9. The molecule has 24 heavy (non-hydrogen) atoms. The highest BCUT2D eigenvalue weighted by Gasteiger charge is 2.27. The van der Waals surface area contributed by atoms with E-state index < -0.39 is 11.7 Å². The molecule has 6 heteroatoms. The number of nitrogens with zero attached hydrogens (tertiary/aromatic N) is 1. The molecule has 2 N–H and O–H groups in total. The van der Waals surface area contributed by atoms with Crippen LogP contribution < -0.4 is 10.1 Å². The number of benzene rings is 1. The van der Waals surface area contributed by atoms with Gasteiger partial charge in [-0.25, -0.2) is 4.79 Å². The maximum Gasteiger partial charge on any atom is 0.407 e. The predicted octanol–water partition coefficient (Wildman–Crippen LogP) is 2.03. The average Bonchev–Trinajstić information content (AvgIpc) is 2.91. The van der Waals surface area contributed by atoms with Gasteiger partial charge in [-0.1, -0.05) is 18.2 Å². The lowest BCUT2D eigenvalue weighted by atomic mass is 10.2. The second kappa shape index (κ2) is 8.35. The molecular weight excluding hydrogens is 308 g/mol. The molecule has 1 aromatic rings. The van der Waals surface area contributed by atoms with E-state index in [1.54, 1.807) is 0 Å². The third-order valence-corrected chi connectivity index (χ3v) is 3.65. The van der Waals surface area contributed by atoms with Gasteiger partial charge in [0.05, 0.1) is 0 Å². The van der Waals surface area contributed by atoms with Crippen LogP contribution in [0.3, 0.4) is 0 Å². The van der Waals surface area contributed by atoms with Gasteiger partial charge in [-0.3, -0.25) is 4.90 Å². The van der Waals surface area contributed by atoms with Gasteiger partial charge in [0, 0.05) is 25.7 Å². The van der Waals surface area contributed by atoms with Crippen molar-refractivity contribution in [1.82, 2.24) is 10.2 Å². The summed E-state index contributed by atoms with van der Waals surface area (Å²) in [5.74, 6) is 0.752. The number of carbonyl (C=O) groups is 1. The summed E-state index contributed by atoms with van der Waals surface area (Å²) in [5, 5.41) is 13.0. The summed E-state index contributed by atoms with van der Waals surface area (Å²) in [6.07, 6.45) is -0.0984. The van der Waals surface area contributed by atoms with E-state index >= 15 is 0 Å². The minimum Gasteiger partial charge on any atom is -0.491 e. The van der Waals surface area contributed by atoms with Crippen molar-refractivity contribution in [2.45, 2.75) is 44.9 Å². The molecule has 0 spiro atoms. The number of para-hydroxylation sites is 1. The van der Waals surface area contributed by atoms with E-state index in [0.717, 1.165) is 18.7 Å². The maximum atomic E-state index is 11.8. The number of likely N-dealkylation sites (tertiary alicyclic amines) is 1. The van der Waals surface area contributed by atoms with Gasteiger partial charge in [0.15, 0.2) is 0 Å². The van der Waals surface area contributed by atoms with E-state index in [1.807, 2.05) is 51.1 Å². The molecule has 2 atom stereocenters. The quantitative estimate of drug-likeness (QED) is 0.832. The molecule has 1 fully saturated rings. The third-order valence-electron chi connectivity index (χ3n) is 3.65. The van der Waals surface area contributed by atoms with Crippen molar-refractivity contribution in [1.29, 1.82) is 0 Å². The van der Waals surface area contributed by atoms with Crippen LogP contribution in [0.2, 0.25) is 0 Å². The Morgan fingerprint density at radius 2 is 2.08 bits per heavy atom. The van der Waals surface area contributed by atoms with Crippen LogP contribution in [0, 0.1) is 0 Å². The summed E-state index contributed by atoms with van der Waals surface area (Å²) in [6, 6.07) is 9.50. The van der Waals surface area contributed by atoms with E-state index in [0.29, 0.717) is 13.1 Å². The number of hydrogen-bond donors (Lipinski definition) is 2. The molecule has 0 aliphatic carbocycles. The van der Waals surface area contributed by atoms with Crippen molar-refractivity contribution in [3.63, 3.8) is 0 Å².